The first-order valence-electron chi connectivity index (χ1n) is 4.05. The molecule has 14 heavy (non-hydrogen) atoms. The molecule has 82 valence electrons. The summed E-state index contributed by atoms with van der Waals surface area (Å²) in [5, 5.41) is 9.13. The zero-order valence-electron chi connectivity index (χ0n) is 8.22. The maximum atomic E-state index is 11.1. The van der Waals surface area contributed by atoms with Gasteiger partial charge in [0.2, 0.25) is 0 Å². The van der Waals surface area contributed by atoms with Crippen LogP contribution in [0.15, 0.2) is 12.2 Å². The molecule has 0 saturated heterocycles. The lowest BCUT2D eigenvalue weighted by atomic mass is 9.96. The Balaban J connectivity index is 4.22. The Morgan fingerprint density at radius 3 is 2.43 bits per heavy atom. The molecule has 1 unspecified atom stereocenters. The summed E-state index contributed by atoms with van der Waals surface area (Å²) in [7, 11) is 0. The van der Waals surface area contributed by atoms with Gasteiger partial charge in [0.25, 0.3) is 0 Å². The lowest BCUT2D eigenvalue weighted by molar-refractivity contribution is -0.142. The average Bonchev–Trinajstić information content (AvgIpc) is 2.12. The molecule has 0 rings (SSSR count). The van der Waals surface area contributed by atoms with E-state index in [0.29, 0.717) is 5.57 Å². The largest absolute Gasteiger partial charge is 0.462 e. The first-order valence-corrected chi connectivity index (χ1v) is 5.88. The van der Waals surface area contributed by atoms with Gasteiger partial charge in [-0.1, -0.05) is 45.4 Å². The minimum Gasteiger partial charge on any atom is -0.462 e. The Labute approximate surface area is 101 Å². The summed E-state index contributed by atoms with van der Waals surface area (Å²) < 4.78 is 4.84. The second-order valence-electron chi connectivity index (χ2n) is 3.47. The van der Waals surface area contributed by atoms with Crippen LogP contribution in [0.3, 0.4) is 0 Å². The highest BCUT2D eigenvalue weighted by molar-refractivity contribution is 9.24. The molecular weight excluding hydrogens is 316 g/mol. The quantitative estimate of drug-likeness (QED) is 0.478. The third-order valence-corrected chi connectivity index (χ3v) is 3.98. The Bertz CT molecular complexity index is 228. The third-order valence-electron chi connectivity index (χ3n) is 1.77. The normalized spacial score (nSPS) is 15.0. The van der Waals surface area contributed by atoms with Crippen molar-refractivity contribution >= 4 is 37.8 Å². The van der Waals surface area contributed by atoms with Gasteiger partial charge < -0.3 is 9.84 Å². The van der Waals surface area contributed by atoms with Gasteiger partial charge in [-0.2, -0.15) is 0 Å². The second-order valence-corrected chi connectivity index (χ2v) is 6.53. The number of aliphatic hydroxyl groups excluding tert-OH is 1. The zero-order chi connectivity index (χ0) is 11.4. The topological polar surface area (TPSA) is 46.5 Å². The van der Waals surface area contributed by atoms with Crippen LogP contribution in [-0.4, -0.2) is 28.0 Å². The number of alkyl halides is 2. The number of hydrogen-bond acceptors (Lipinski definition) is 3. The standard InChI is InChI=1S/C9H14Br2O3/c1-6(2)7(13)14-5-9(3,4-12)8(10)11/h8,12H,1,4-5H2,2-3H3. The van der Waals surface area contributed by atoms with Crippen LogP contribution in [0.4, 0.5) is 0 Å². The van der Waals surface area contributed by atoms with E-state index in [1.807, 2.05) is 0 Å². The van der Waals surface area contributed by atoms with Gasteiger partial charge in [-0.05, 0) is 6.92 Å². The Morgan fingerprint density at radius 2 is 2.14 bits per heavy atom. The highest BCUT2D eigenvalue weighted by Gasteiger charge is 2.32. The first-order chi connectivity index (χ1) is 6.33. The van der Waals surface area contributed by atoms with Gasteiger partial charge in [-0.3, -0.25) is 0 Å². The van der Waals surface area contributed by atoms with E-state index in [-0.39, 0.29) is 17.0 Å². The fourth-order valence-corrected chi connectivity index (χ4v) is 1.09. The number of rotatable bonds is 5. The van der Waals surface area contributed by atoms with E-state index < -0.39 is 11.4 Å². The molecule has 0 heterocycles. The molecule has 1 atom stereocenters. The molecule has 0 bridgehead atoms. The number of halogens is 2. The van der Waals surface area contributed by atoms with E-state index >= 15 is 0 Å². The van der Waals surface area contributed by atoms with E-state index in [1.165, 1.54) is 0 Å². The van der Waals surface area contributed by atoms with Crippen LogP contribution in [0.5, 0.6) is 0 Å². The maximum Gasteiger partial charge on any atom is 0.333 e. The molecule has 0 aromatic heterocycles. The lowest BCUT2D eigenvalue weighted by Gasteiger charge is -2.28. The number of esters is 1. The molecule has 0 amide bonds. The predicted molar refractivity (Wildman–Crippen MR) is 62.6 cm³/mol. The average molecular weight is 330 g/mol. The van der Waals surface area contributed by atoms with E-state index in [1.54, 1.807) is 13.8 Å². The van der Waals surface area contributed by atoms with Crippen molar-refractivity contribution in [3.05, 3.63) is 12.2 Å². The number of aliphatic hydroxyl groups is 1. The first kappa shape index (κ1) is 14.1. The lowest BCUT2D eigenvalue weighted by Crippen LogP contribution is -2.34. The monoisotopic (exact) mass is 328 g/mol. The van der Waals surface area contributed by atoms with Gasteiger partial charge >= 0.3 is 5.97 Å². The molecule has 0 radical (unpaired) electrons. The van der Waals surface area contributed by atoms with Gasteiger partial charge in [-0.25, -0.2) is 4.79 Å². The van der Waals surface area contributed by atoms with Crippen molar-refractivity contribution in [2.75, 3.05) is 13.2 Å². The summed E-state index contributed by atoms with van der Waals surface area (Å²) in [6, 6.07) is 0. The molecule has 0 aromatic rings. The van der Waals surface area contributed by atoms with E-state index in [0.717, 1.165) is 0 Å². The van der Waals surface area contributed by atoms with E-state index in [4.69, 9.17) is 9.84 Å². The van der Waals surface area contributed by atoms with Crippen LogP contribution in [-0.2, 0) is 9.53 Å². The highest BCUT2D eigenvalue weighted by atomic mass is 79.9. The van der Waals surface area contributed by atoms with Crippen molar-refractivity contribution in [2.24, 2.45) is 5.41 Å². The SMILES string of the molecule is C=C(C)C(=O)OCC(C)(CO)C(Br)Br. The van der Waals surface area contributed by atoms with Crippen LogP contribution >= 0.6 is 31.9 Å². The number of carbonyl (C=O) groups is 1. The minimum absolute atomic E-state index is 0.0857. The van der Waals surface area contributed by atoms with Gasteiger partial charge in [0.1, 0.15) is 6.61 Å². The number of hydrogen-bond donors (Lipinski definition) is 1. The van der Waals surface area contributed by atoms with Crippen molar-refractivity contribution in [1.82, 2.24) is 0 Å². The van der Waals surface area contributed by atoms with Gasteiger partial charge in [0.15, 0.2) is 0 Å². The predicted octanol–water partition coefficient (Wildman–Crippen LogP) is 2.22. The smallest absolute Gasteiger partial charge is 0.333 e. The Hall–Kier alpha value is 0.130. The van der Waals surface area contributed by atoms with E-state index in [9.17, 15) is 4.79 Å². The molecule has 5 heteroatoms. The van der Waals surface area contributed by atoms with E-state index in [2.05, 4.69) is 38.4 Å². The molecule has 1 N–H and O–H groups in total. The van der Waals surface area contributed by atoms with Crippen molar-refractivity contribution in [3.8, 4) is 0 Å². The summed E-state index contributed by atoms with van der Waals surface area (Å²) in [5.74, 6) is -0.440. The fourth-order valence-electron chi connectivity index (χ4n) is 0.531. The molecule has 0 aromatic carbocycles. The molecular formula is C9H14Br2O3. The zero-order valence-corrected chi connectivity index (χ0v) is 11.4. The maximum absolute atomic E-state index is 11.1. The second kappa shape index (κ2) is 5.88. The summed E-state index contributed by atoms with van der Waals surface area (Å²) in [5.41, 5.74) is -0.184. The molecule has 0 aliphatic carbocycles. The molecule has 0 aliphatic heterocycles. The van der Waals surface area contributed by atoms with Crippen LogP contribution in [0, 0.1) is 5.41 Å². The summed E-state index contributed by atoms with van der Waals surface area (Å²) in [4.78, 5) is 11.1. The summed E-state index contributed by atoms with van der Waals surface area (Å²) in [6.07, 6.45) is 0. The summed E-state index contributed by atoms with van der Waals surface area (Å²) >= 11 is 6.57. The van der Waals surface area contributed by atoms with Crippen LogP contribution in [0.2, 0.25) is 0 Å². The molecule has 0 saturated carbocycles. The van der Waals surface area contributed by atoms with Crippen molar-refractivity contribution in [2.45, 2.75) is 17.6 Å². The van der Waals surface area contributed by atoms with Crippen molar-refractivity contribution in [1.29, 1.82) is 0 Å². The van der Waals surface area contributed by atoms with Crippen molar-refractivity contribution in [3.63, 3.8) is 0 Å². The minimum atomic E-state index is -0.537. The molecule has 0 spiro atoms. The summed E-state index contributed by atoms with van der Waals surface area (Å²) in [6.45, 7) is 6.90. The van der Waals surface area contributed by atoms with Gasteiger partial charge in [0.05, 0.1) is 10.3 Å². The van der Waals surface area contributed by atoms with Gasteiger partial charge in [-0.15, -0.1) is 0 Å². The number of ether oxygens (including phenoxy) is 1. The van der Waals surface area contributed by atoms with Gasteiger partial charge in [0, 0.05) is 11.0 Å². The third kappa shape index (κ3) is 4.11. The van der Waals surface area contributed by atoms with Crippen molar-refractivity contribution < 1.29 is 14.6 Å². The molecule has 0 fully saturated rings. The van der Waals surface area contributed by atoms with Crippen LogP contribution in [0.25, 0.3) is 0 Å². The molecule has 0 aliphatic rings. The highest BCUT2D eigenvalue weighted by Crippen LogP contribution is 2.32. The Morgan fingerprint density at radius 1 is 1.64 bits per heavy atom. The van der Waals surface area contributed by atoms with Crippen LogP contribution < -0.4 is 0 Å². The number of carbonyl (C=O) groups excluding carboxylic acids is 1. The molecule has 3 nitrogen and oxygen atoms in total. The van der Waals surface area contributed by atoms with Crippen LogP contribution in [0.1, 0.15) is 13.8 Å². The Kier molecular flexibility index (Phi) is 5.93. The fraction of sp³-hybridized carbons (Fsp3) is 0.667.